The number of hydrogen-bond donors (Lipinski definition) is 1. The minimum Gasteiger partial charge on any atom is -0.431 e. The van der Waals surface area contributed by atoms with Crippen molar-refractivity contribution in [3.8, 4) is 0 Å². The van der Waals surface area contributed by atoms with Crippen molar-refractivity contribution < 1.29 is 4.42 Å². The quantitative estimate of drug-likeness (QED) is 0.707. The van der Waals surface area contributed by atoms with Gasteiger partial charge in [-0.2, -0.15) is 0 Å². The Morgan fingerprint density at radius 2 is 2.00 bits per heavy atom. The molecule has 0 amide bonds. The van der Waals surface area contributed by atoms with Gasteiger partial charge in [0.05, 0.1) is 0 Å². The van der Waals surface area contributed by atoms with Crippen LogP contribution in [0.2, 0.25) is 0 Å². The van der Waals surface area contributed by atoms with Crippen LogP contribution >= 0.6 is 11.8 Å². The van der Waals surface area contributed by atoms with Gasteiger partial charge in [0.25, 0.3) is 5.22 Å². The minimum atomic E-state index is 0.619. The van der Waals surface area contributed by atoms with E-state index in [-0.39, 0.29) is 0 Å². The number of hydrogen-bond acceptors (Lipinski definition) is 4. The van der Waals surface area contributed by atoms with Crippen LogP contribution in [0.5, 0.6) is 0 Å². The highest BCUT2D eigenvalue weighted by molar-refractivity contribution is 7.99. The monoisotopic (exact) mass is 256 g/mol. The molecule has 0 aliphatic carbocycles. The Bertz CT molecular complexity index is 673. The fourth-order valence-corrected chi connectivity index (χ4v) is 2.61. The molecule has 2 N–H and O–H groups in total. The Kier molecular flexibility index (Phi) is 2.72. The van der Waals surface area contributed by atoms with Crippen LogP contribution in [-0.4, -0.2) is 4.98 Å². The van der Waals surface area contributed by atoms with E-state index in [2.05, 4.69) is 4.98 Å². The zero-order chi connectivity index (χ0) is 12.5. The maximum atomic E-state index is 5.94. The van der Waals surface area contributed by atoms with Crippen molar-refractivity contribution in [1.82, 2.24) is 4.98 Å². The van der Waals surface area contributed by atoms with Crippen molar-refractivity contribution in [3.63, 3.8) is 0 Å². The number of nitrogen functional groups attached to an aromatic ring is 1. The summed E-state index contributed by atoms with van der Waals surface area (Å²) in [6.45, 7) is 2.04. The van der Waals surface area contributed by atoms with Gasteiger partial charge in [-0.15, -0.1) is 0 Å². The third-order valence-electron chi connectivity index (χ3n) is 2.64. The van der Waals surface area contributed by atoms with E-state index in [9.17, 15) is 0 Å². The maximum Gasteiger partial charge on any atom is 0.261 e. The molecule has 90 valence electrons. The molecule has 0 radical (unpaired) electrons. The molecule has 0 aliphatic rings. The van der Waals surface area contributed by atoms with Crippen LogP contribution in [0.4, 0.5) is 5.69 Å². The Morgan fingerprint density at radius 3 is 2.83 bits per heavy atom. The lowest BCUT2D eigenvalue weighted by atomic mass is 10.2. The Labute approximate surface area is 109 Å². The van der Waals surface area contributed by atoms with E-state index in [0.717, 1.165) is 21.7 Å². The molecule has 18 heavy (non-hydrogen) atoms. The van der Waals surface area contributed by atoms with Crippen LogP contribution in [0.1, 0.15) is 5.56 Å². The van der Waals surface area contributed by atoms with Crippen LogP contribution in [0.3, 0.4) is 0 Å². The topological polar surface area (TPSA) is 52.0 Å². The normalized spacial score (nSPS) is 10.9. The highest BCUT2D eigenvalue weighted by Crippen LogP contribution is 2.33. The average Bonchev–Trinajstić information content (AvgIpc) is 2.76. The molecule has 1 aromatic heterocycles. The SMILES string of the molecule is Cc1ccc(N)c(Sc2nc3ccccc3o2)c1. The van der Waals surface area contributed by atoms with Crippen molar-refractivity contribution in [2.24, 2.45) is 0 Å². The molecule has 0 spiro atoms. The van der Waals surface area contributed by atoms with Crippen molar-refractivity contribution in [1.29, 1.82) is 0 Å². The molecule has 0 fully saturated rings. The van der Waals surface area contributed by atoms with Crippen LogP contribution in [0.15, 0.2) is 57.0 Å². The van der Waals surface area contributed by atoms with Crippen molar-refractivity contribution in [3.05, 3.63) is 48.0 Å². The molecule has 0 unspecified atom stereocenters. The molecule has 3 rings (SSSR count). The number of nitrogens with two attached hydrogens (primary N) is 1. The largest absolute Gasteiger partial charge is 0.431 e. The summed E-state index contributed by atoms with van der Waals surface area (Å²) in [7, 11) is 0. The van der Waals surface area contributed by atoms with E-state index in [4.69, 9.17) is 10.2 Å². The fraction of sp³-hybridized carbons (Fsp3) is 0.0714. The molecule has 1 heterocycles. The molecule has 0 aliphatic heterocycles. The first-order valence-corrected chi connectivity index (χ1v) is 6.43. The maximum absolute atomic E-state index is 5.94. The summed E-state index contributed by atoms with van der Waals surface area (Å²) in [5, 5.41) is 0.619. The fourth-order valence-electron chi connectivity index (χ4n) is 1.72. The highest BCUT2D eigenvalue weighted by atomic mass is 32.2. The molecule has 0 saturated heterocycles. The summed E-state index contributed by atoms with van der Waals surface area (Å²) in [5.41, 5.74) is 9.52. The summed E-state index contributed by atoms with van der Waals surface area (Å²) in [5.74, 6) is 0. The molecule has 3 nitrogen and oxygen atoms in total. The molecule has 3 aromatic rings. The predicted octanol–water partition coefficient (Wildman–Crippen LogP) is 3.87. The first-order valence-electron chi connectivity index (χ1n) is 5.62. The molecule has 0 saturated carbocycles. The van der Waals surface area contributed by atoms with E-state index >= 15 is 0 Å². The molecular formula is C14H12N2OS. The Balaban J connectivity index is 1.98. The zero-order valence-corrected chi connectivity index (χ0v) is 10.7. The zero-order valence-electron chi connectivity index (χ0n) is 9.88. The van der Waals surface area contributed by atoms with Crippen molar-refractivity contribution in [2.45, 2.75) is 17.0 Å². The molecule has 4 heteroatoms. The van der Waals surface area contributed by atoms with E-state index < -0.39 is 0 Å². The lowest BCUT2D eigenvalue weighted by molar-refractivity contribution is 0.489. The van der Waals surface area contributed by atoms with Crippen LogP contribution < -0.4 is 5.73 Å². The van der Waals surface area contributed by atoms with Crippen LogP contribution in [-0.2, 0) is 0 Å². The smallest absolute Gasteiger partial charge is 0.261 e. The van der Waals surface area contributed by atoms with Crippen LogP contribution in [0.25, 0.3) is 11.1 Å². The van der Waals surface area contributed by atoms with Gasteiger partial charge in [-0.3, -0.25) is 0 Å². The second-order valence-electron chi connectivity index (χ2n) is 4.09. The minimum absolute atomic E-state index is 0.619. The van der Waals surface area contributed by atoms with Gasteiger partial charge in [0, 0.05) is 10.6 Å². The van der Waals surface area contributed by atoms with E-state index in [1.165, 1.54) is 17.3 Å². The first kappa shape index (κ1) is 11.2. The number of nitrogens with zero attached hydrogens (tertiary/aromatic N) is 1. The van der Waals surface area contributed by atoms with Gasteiger partial charge in [-0.1, -0.05) is 18.2 Å². The number of para-hydroxylation sites is 2. The second-order valence-corrected chi connectivity index (χ2v) is 5.08. The summed E-state index contributed by atoms with van der Waals surface area (Å²) < 4.78 is 5.66. The van der Waals surface area contributed by atoms with Gasteiger partial charge in [0.1, 0.15) is 5.52 Å². The Hall–Kier alpha value is -1.94. The van der Waals surface area contributed by atoms with Gasteiger partial charge in [-0.25, -0.2) is 4.98 Å². The number of anilines is 1. The molecule has 0 bridgehead atoms. The summed E-state index contributed by atoms with van der Waals surface area (Å²) in [6, 6.07) is 13.7. The van der Waals surface area contributed by atoms with Gasteiger partial charge < -0.3 is 10.2 Å². The van der Waals surface area contributed by atoms with Gasteiger partial charge in [-0.05, 0) is 48.5 Å². The first-order chi connectivity index (χ1) is 8.72. The number of fused-ring (bicyclic) bond motifs is 1. The van der Waals surface area contributed by atoms with E-state index in [1.54, 1.807) is 0 Å². The summed E-state index contributed by atoms with van der Waals surface area (Å²) in [6.07, 6.45) is 0. The van der Waals surface area contributed by atoms with Gasteiger partial charge >= 0.3 is 0 Å². The van der Waals surface area contributed by atoms with Crippen molar-refractivity contribution in [2.75, 3.05) is 5.73 Å². The third-order valence-corrected chi connectivity index (χ3v) is 3.56. The number of aromatic nitrogens is 1. The number of aryl methyl sites for hydroxylation is 1. The lowest BCUT2D eigenvalue weighted by Gasteiger charge is -2.03. The highest BCUT2D eigenvalue weighted by Gasteiger charge is 2.09. The lowest BCUT2D eigenvalue weighted by Crippen LogP contribution is -1.88. The summed E-state index contributed by atoms with van der Waals surface area (Å²) in [4.78, 5) is 5.39. The van der Waals surface area contributed by atoms with E-state index in [0.29, 0.717) is 5.22 Å². The van der Waals surface area contributed by atoms with Crippen LogP contribution in [0, 0.1) is 6.92 Å². The number of oxazole rings is 1. The predicted molar refractivity (Wildman–Crippen MR) is 73.7 cm³/mol. The van der Waals surface area contributed by atoms with Gasteiger partial charge in [0.2, 0.25) is 0 Å². The average molecular weight is 256 g/mol. The third kappa shape index (κ3) is 2.07. The molecule has 2 aromatic carbocycles. The standard InChI is InChI=1S/C14H12N2OS/c1-9-6-7-10(15)13(8-9)18-14-16-11-4-2-3-5-12(11)17-14/h2-8H,15H2,1H3. The molecular weight excluding hydrogens is 244 g/mol. The number of benzene rings is 2. The Morgan fingerprint density at radius 1 is 1.17 bits per heavy atom. The van der Waals surface area contributed by atoms with E-state index in [1.807, 2.05) is 49.4 Å². The summed E-state index contributed by atoms with van der Waals surface area (Å²) >= 11 is 1.45. The van der Waals surface area contributed by atoms with Gasteiger partial charge in [0.15, 0.2) is 5.58 Å². The van der Waals surface area contributed by atoms with Crippen molar-refractivity contribution >= 4 is 28.5 Å². The molecule has 0 atom stereocenters. The number of rotatable bonds is 2. The second kappa shape index (κ2) is 4.38.